The topological polar surface area (TPSA) is 58.4 Å². The zero-order chi connectivity index (χ0) is 14.5. The molecule has 0 aliphatic carbocycles. The predicted molar refractivity (Wildman–Crippen MR) is 79.9 cm³/mol. The van der Waals surface area contributed by atoms with E-state index in [2.05, 4.69) is 24.1 Å². The molecule has 1 atom stereocenters. The highest BCUT2D eigenvalue weighted by Crippen LogP contribution is 2.14. The Kier molecular flexibility index (Phi) is 5.09. The average Bonchev–Trinajstić information content (AvgIpc) is 2.88. The van der Waals surface area contributed by atoms with Crippen LogP contribution in [0, 0.1) is 10.1 Å². The number of nitro benzene ring substituents is 1. The molecular formula is C15H23N3O2. The van der Waals surface area contributed by atoms with E-state index in [1.54, 1.807) is 12.1 Å². The van der Waals surface area contributed by atoms with E-state index >= 15 is 0 Å². The summed E-state index contributed by atoms with van der Waals surface area (Å²) in [6.45, 7) is 7.69. The van der Waals surface area contributed by atoms with Crippen LogP contribution < -0.4 is 5.32 Å². The van der Waals surface area contributed by atoms with Crippen molar-refractivity contribution in [1.29, 1.82) is 0 Å². The number of likely N-dealkylation sites (tertiary alicyclic amines) is 1. The number of hydrogen-bond donors (Lipinski definition) is 1. The smallest absolute Gasteiger partial charge is 0.269 e. The molecule has 20 heavy (non-hydrogen) atoms. The molecule has 1 aliphatic rings. The van der Waals surface area contributed by atoms with E-state index in [1.165, 1.54) is 13.0 Å². The van der Waals surface area contributed by atoms with Crippen molar-refractivity contribution in [3.63, 3.8) is 0 Å². The highest BCUT2D eigenvalue weighted by molar-refractivity contribution is 5.32. The first-order valence-electron chi connectivity index (χ1n) is 7.27. The summed E-state index contributed by atoms with van der Waals surface area (Å²) in [5.74, 6) is 0. The standard InChI is InChI=1S/C15H23N3O2/c1-12(2)17-10-8-14(11-17)16-9-7-13-3-5-15(6-4-13)18(19)20/h3-6,12,14,16H,7-11H2,1-2H3. The first-order valence-corrected chi connectivity index (χ1v) is 7.27. The number of nitro groups is 1. The second-order valence-corrected chi connectivity index (χ2v) is 5.70. The molecule has 1 unspecified atom stereocenters. The van der Waals surface area contributed by atoms with Crippen LogP contribution in [0.1, 0.15) is 25.8 Å². The zero-order valence-electron chi connectivity index (χ0n) is 12.2. The molecule has 1 saturated heterocycles. The van der Waals surface area contributed by atoms with Gasteiger partial charge in [0.25, 0.3) is 5.69 Å². The third-order valence-corrected chi connectivity index (χ3v) is 3.94. The van der Waals surface area contributed by atoms with Gasteiger partial charge >= 0.3 is 0 Å². The van der Waals surface area contributed by atoms with Crippen molar-refractivity contribution in [2.75, 3.05) is 19.6 Å². The normalized spacial score (nSPS) is 19.6. The van der Waals surface area contributed by atoms with Crippen molar-refractivity contribution < 1.29 is 4.92 Å². The summed E-state index contributed by atoms with van der Waals surface area (Å²) >= 11 is 0. The molecule has 1 aliphatic heterocycles. The van der Waals surface area contributed by atoms with Gasteiger partial charge in [0.05, 0.1) is 4.92 Å². The first-order chi connectivity index (χ1) is 9.56. The van der Waals surface area contributed by atoms with Crippen molar-refractivity contribution in [2.45, 2.75) is 38.8 Å². The Bertz CT molecular complexity index is 445. The van der Waals surface area contributed by atoms with E-state index in [9.17, 15) is 10.1 Å². The van der Waals surface area contributed by atoms with Gasteiger partial charge in [-0.05, 0) is 45.3 Å². The monoisotopic (exact) mass is 277 g/mol. The quantitative estimate of drug-likeness (QED) is 0.640. The van der Waals surface area contributed by atoms with Crippen molar-refractivity contribution in [2.24, 2.45) is 0 Å². The van der Waals surface area contributed by atoms with E-state index in [0.717, 1.165) is 25.1 Å². The molecule has 1 fully saturated rings. The van der Waals surface area contributed by atoms with Crippen LogP contribution in [-0.4, -0.2) is 41.5 Å². The number of nitrogens with one attached hydrogen (secondary N) is 1. The number of nitrogens with zero attached hydrogens (tertiary/aromatic N) is 2. The molecule has 0 radical (unpaired) electrons. The van der Waals surface area contributed by atoms with Crippen molar-refractivity contribution in [3.8, 4) is 0 Å². The number of hydrogen-bond acceptors (Lipinski definition) is 4. The Morgan fingerprint density at radius 3 is 2.65 bits per heavy atom. The lowest BCUT2D eigenvalue weighted by Crippen LogP contribution is -2.36. The molecule has 1 aromatic rings. The summed E-state index contributed by atoms with van der Waals surface area (Å²) in [6, 6.07) is 8.03. The van der Waals surface area contributed by atoms with Crippen LogP contribution in [0.25, 0.3) is 0 Å². The van der Waals surface area contributed by atoms with Gasteiger partial charge in [0, 0.05) is 30.8 Å². The molecule has 0 aromatic heterocycles. The summed E-state index contributed by atoms with van der Waals surface area (Å²) < 4.78 is 0. The first kappa shape index (κ1) is 14.9. The van der Waals surface area contributed by atoms with Gasteiger partial charge in [-0.15, -0.1) is 0 Å². The molecule has 0 amide bonds. The van der Waals surface area contributed by atoms with Crippen LogP contribution in [0.2, 0.25) is 0 Å². The third kappa shape index (κ3) is 4.02. The van der Waals surface area contributed by atoms with Crippen LogP contribution in [0.3, 0.4) is 0 Å². The van der Waals surface area contributed by atoms with Crippen molar-refractivity contribution in [1.82, 2.24) is 10.2 Å². The Labute approximate surface area is 120 Å². The van der Waals surface area contributed by atoms with E-state index in [-0.39, 0.29) is 10.6 Å². The summed E-state index contributed by atoms with van der Waals surface area (Å²) in [5.41, 5.74) is 1.30. The SMILES string of the molecule is CC(C)N1CCC(NCCc2ccc([N+](=O)[O-])cc2)C1. The number of non-ortho nitro benzene ring substituents is 1. The maximum absolute atomic E-state index is 10.6. The molecule has 1 heterocycles. The number of benzene rings is 1. The van der Waals surface area contributed by atoms with E-state index < -0.39 is 0 Å². The van der Waals surface area contributed by atoms with Gasteiger partial charge in [-0.25, -0.2) is 0 Å². The van der Waals surface area contributed by atoms with Gasteiger partial charge in [0.1, 0.15) is 0 Å². The lowest BCUT2D eigenvalue weighted by atomic mass is 10.1. The molecule has 0 spiro atoms. The van der Waals surface area contributed by atoms with Gasteiger partial charge in [-0.2, -0.15) is 0 Å². The highest BCUT2D eigenvalue weighted by atomic mass is 16.6. The summed E-state index contributed by atoms with van der Waals surface area (Å²) in [4.78, 5) is 12.7. The number of rotatable bonds is 6. The maximum Gasteiger partial charge on any atom is 0.269 e. The largest absolute Gasteiger partial charge is 0.312 e. The fraction of sp³-hybridized carbons (Fsp3) is 0.600. The molecule has 1 N–H and O–H groups in total. The summed E-state index contributed by atoms with van der Waals surface area (Å²) in [7, 11) is 0. The minimum Gasteiger partial charge on any atom is -0.312 e. The molecule has 5 heteroatoms. The van der Waals surface area contributed by atoms with Crippen LogP contribution in [0.4, 0.5) is 5.69 Å². The van der Waals surface area contributed by atoms with Crippen LogP contribution in [0.15, 0.2) is 24.3 Å². The van der Waals surface area contributed by atoms with E-state index in [0.29, 0.717) is 12.1 Å². The lowest BCUT2D eigenvalue weighted by molar-refractivity contribution is -0.384. The predicted octanol–water partition coefficient (Wildman–Crippen LogP) is 2.21. The van der Waals surface area contributed by atoms with Gasteiger partial charge in [0.2, 0.25) is 0 Å². The Morgan fingerprint density at radius 1 is 1.40 bits per heavy atom. The van der Waals surface area contributed by atoms with Gasteiger partial charge in [-0.3, -0.25) is 15.0 Å². The Hall–Kier alpha value is -1.46. The molecular weight excluding hydrogens is 254 g/mol. The second kappa shape index (κ2) is 6.81. The van der Waals surface area contributed by atoms with Crippen LogP contribution >= 0.6 is 0 Å². The summed E-state index contributed by atoms with van der Waals surface area (Å²) in [5, 5.41) is 14.2. The van der Waals surface area contributed by atoms with Crippen LogP contribution in [0.5, 0.6) is 0 Å². The van der Waals surface area contributed by atoms with Crippen molar-refractivity contribution >= 4 is 5.69 Å². The fourth-order valence-electron chi connectivity index (χ4n) is 2.63. The fourth-order valence-corrected chi connectivity index (χ4v) is 2.63. The minimum absolute atomic E-state index is 0.157. The Morgan fingerprint density at radius 2 is 2.10 bits per heavy atom. The Balaban J connectivity index is 1.72. The molecule has 110 valence electrons. The molecule has 0 bridgehead atoms. The zero-order valence-corrected chi connectivity index (χ0v) is 12.2. The third-order valence-electron chi connectivity index (χ3n) is 3.94. The van der Waals surface area contributed by atoms with E-state index in [4.69, 9.17) is 0 Å². The molecule has 1 aromatic carbocycles. The van der Waals surface area contributed by atoms with Gasteiger partial charge in [0.15, 0.2) is 0 Å². The lowest BCUT2D eigenvalue weighted by Gasteiger charge is -2.20. The van der Waals surface area contributed by atoms with E-state index in [1.807, 2.05) is 12.1 Å². The molecule has 2 rings (SSSR count). The maximum atomic E-state index is 10.6. The van der Waals surface area contributed by atoms with Gasteiger partial charge < -0.3 is 5.32 Å². The molecule has 0 saturated carbocycles. The van der Waals surface area contributed by atoms with Crippen molar-refractivity contribution in [3.05, 3.63) is 39.9 Å². The molecule has 5 nitrogen and oxygen atoms in total. The highest BCUT2D eigenvalue weighted by Gasteiger charge is 2.23. The van der Waals surface area contributed by atoms with Gasteiger partial charge in [-0.1, -0.05) is 12.1 Å². The minimum atomic E-state index is -0.360. The van der Waals surface area contributed by atoms with Crippen LogP contribution in [-0.2, 0) is 6.42 Å². The summed E-state index contributed by atoms with van der Waals surface area (Å²) in [6.07, 6.45) is 2.12. The second-order valence-electron chi connectivity index (χ2n) is 5.70. The average molecular weight is 277 g/mol.